The van der Waals surface area contributed by atoms with Gasteiger partial charge in [-0.3, -0.25) is 4.79 Å². The number of fused-ring (bicyclic) bond motifs is 1. The fourth-order valence-corrected chi connectivity index (χ4v) is 7.96. The smallest absolute Gasteiger partial charge is 0.408 e. The number of piperidine rings is 1. The van der Waals surface area contributed by atoms with Crippen LogP contribution in [0.15, 0.2) is 0 Å². The molecule has 8 heteroatoms. The first-order valence-electron chi connectivity index (χ1n) is 12.5. The Hall–Kier alpha value is -1.85. The number of alkyl carbamates (subject to hydrolysis) is 1. The van der Waals surface area contributed by atoms with E-state index < -0.39 is 29.2 Å². The summed E-state index contributed by atoms with van der Waals surface area (Å²) in [6, 6.07) is 1.29. The maximum Gasteiger partial charge on any atom is 0.408 e. The molecule has 5 aliphatic carbocycles. The lowest BCUT2D eigenvalue weighted by Gasteiger charge is -2.63. The van der Waals surface area contributed by atoms with Crippen molar-refractivity contribution in [2.45, 2.75) is 101 Å². The van der Waals surface area contributed by atoms with Gasteiger partial charge in [0.05, 0.1) is 24.9 Å². The average Bonchev–Trinajstić information content (AvgIpc) is 3.37. The fourth-order valence-electron chi connectivity index (χ4n) is 7.96. The molecule has 6 atom stereocenters. The minimum absolute atomic E-state index is 0.0245. The minimum atomic E-state index is -0.731. The number of nitrogens with zero attached hydrogens (tertiary/aromatic N) is 2. The van der Waals surface area contributed by atoms with E-state index in [1.807, 2.05) is 20.8 Å². The van der Waals surface area contributed by atoms with Crippen LogP contribution in [0, 0.1) is 34.5 Å². The van der Waals surface area contributed by atoms with Crippen LogP contribution >= 0.6 is 0 Å². The van der Waals surface area contributed by atoms with Gasteiger partial charge in [-0.05, 0) is 89.9 Å². The van der Waals surface area contributed by atoms with Crippen LogP contribution in [0.1, 0.15) is 72.1 Å². The predicted molar refractivity (Wildman–Crippen MR) is 119 cm³/mol. The van der Waals surface area contributed by atoms with E-state index in [2.05, 4.69) is 11.4 Å². The first-order chi connectivity index (χ1) is 15.6. The van der Waals surface area contributed by atoms with Gasteiger partial charge in [-0.25, -0.2) is 4.79 Å². The largest absolute Gasteiger partial charge is 0.444 e. The minimum Gasteiger partial charge on any atom is -0.444 e. The summed E-state index contributed by atoms with van der Waals surface area (Å²) in [5.41, 5.74) is -1.43. The Morgan fingerprint density at radius 3 is 2.48 bits per heavy atom. The van der Waals surface area contributed by atoms with Crippen molar-refractivity contribution in [2.24, 2.45) is 23.2 Å². The highest BCUT2D eigenvalue weighted by Gasteiger charge is 2.64. The molecule has 0 aromatic rings. The van der Waals surface area contributed by atoms with Crippen LogP contribution in [0.25, 0.3) is 0 Å². The summed E-state index contributed by atoms with van der Waals surface area (Å²) in [6.07, 6.45) is 6.58. The molecule has 6 fully saturated rings. The number of amides is 2. The van der Waals surface area contributed by atoms with E-state index in [0.717, 1.165) is 44.9 Å². The highest BCUT2D eigenvalue weighted by Crippen LogP contribution is 2.64. The number of carbonyl (C=O) groups is 2. The van der Waals surface area contributed by atoms with Gasteiger partial charge in [-0.1, -0.05) is 0 Å². The van der Waals surface area contributed by atoms with E-state index in [9.17, 15) is 20.0 Å². The number of carbonyl (C=O) groups excluding carboxylic acids is 2. The topological polar surface area (TPSA) is 112 Å². The number of ether oxygens (including phenoxy) is 2. The molecule has 1 saturated heterocycles. The third-order valence-corrected chi connectivity index (χ3v) is 8.58. The molecule has 2 N–H and O–H groups in total. The molecular weight excluding hydrogens is 422 g/mol. The van der Waals surface area contributed by atoms with E-state index in [0.29, 0.717) is 30.8 Å². The van der Waals surface area contributed by atoms with Gasteiger partial charge in [0.2, 0.25) is 5.91 Å². The molecule has 0 aromatic heterocycles. The molecule has 6 aliphatic rings. The van der Waals surface area contributed by atoms with Crippen LogP contribution in [0.4, 0.5) is 4.79 Å². The second kappa shape index (κ2) is 7.84. The first-order valence-corrected chi connectivity index (χ1v) is 12.5. The zero-order valence-electron chi connectivity index (χ0n) is 20.0. The highest BCUT2D eigenvalue weighted by atomic mass is 16.6. The van der Waals surface area contributed by atoms with Gasteiger partial charge in [0.1, 0.15) is 17.7 Å². The summed E-state index contributed by atoms with van der Waals surface area (Å²) in [5, 5.41) is 22.1. The quantitative estimate of drug-likeness (QED) is 0.632. The van der Waals surface area contributed by atoms with Crippen LogP contribution in [-0.2, 0) is 14.3 Å². The van der Waals surface area contributed by atoms with Gasteiger partial charge in [0.15, 0.2) is 0 Å². The zero-order chi connectivity index (χ0) is 23.6. The summed E-state index contributed by atoms with van der Waals surface area (Å²) in [4.78, 5) is 28.8. The highest BCUT2D eigenvalue weighted by molar-refractivity contribution is 5.88. The Kier molecular flexibility index (Phi) is 5.45. The van der Waals surface area contributed by atoms with Crippen LogP contribution in [0.3, 0.4) is 0 Å². The molecule has 182 valence electrons. The molecule has 1 aliphatic heterocycles. The van der Waals surface area contributed by atoms with Gasteiger partial charge < -0.3 is 24.8 Å². The number of likely N-dealkylation sites (tertiary alicyclic amines) is 1. The second-order valence-electron chi connectivity index (χ2n) is 12.3. The molecule has 8 nitrogen and oxygen atoms in total. The second-order valence-corrected chi connectivity index (χ2v) is 12.3. The Balaban J connectivity index is 1.47. The molecule has 2 amide bonds. The van der Waals surface area contributed by atoms with Crippen molar-refractivity contribution in [1.29, 1.82) is 5.26 Å². The number of aliphatic hydroxyl groups is 1. The van der Waals surface area contributed by atoms with Crippen molar-refractivity contribution in [3.63, 3.8) is 0 Å². The van der Waals surface area contributed by atoms with E-state index in [1.54, 1.807) is 4.90 Å². The van der Waals surface area contributed by atoms with Crippen LogP contribution in [-0.4, -0.2) is 64.5 Å². The number of hydrogen-bond acceptors (Lipinski definition) is 6. The molecule has 5 saturated carbocycles. The van der Waals surface area contributed by atoms with Crippen molar-refractivity contribution in [1.82, 2.24) is 10.2 Å². The van der Waals surface area contributed by atoms with Gasteiger partial charge in [0.25, 0.3) is 0 Å². The summed E-state index contributed by atoms with van der Waals surface area (Å²) in [6.45, 7) is 5.70. The van der Waals surface area contributed by atoms with Crippen LogP contribution < -0.4 is 5.32 Å². The summed E-state index contributed by atoms with van der Waals surface area (Å²) < 4.78 is 11.8. The van der Waals surface area contributed by atoms with E-state index in [-0.39, 0.29) is 24.2 Å². The number of rotatable bonds is 6. The Morgan fingerprint density at radius 2 is 1.88 bits per heavy atom. The molecule has 6 rings (SSSR count). The molecule has 1 heterocycles. The molecule has 33 heavy (non-hydrogen) atoms. The predicted octanol–water partition coefficient (Wildman–Crippen LogP) is 2.74. The Labute approximate surface area is 196 Å². The maximum atomic E-state index is 14.1. The lowest BCUT2D eigenvalue weighted by molar-refractivity contribution is -0.205. The SMILES string of the molecule is CC(C)(C)OC(=O)NC(C(=O)N1[C@H](C#N)C[C@@H]2C[C@@H]21)C12CC3CC(CC(OCCO)(C3)C1)C2. The lowest BCUT2D eigenvalue weighted by Crippen LogP contribution is -2.67. The van der Waals surface area contributed by atoms with Gasteiger partial charge in [0, 0.05) is 11.5 Å². The van der Waals surface area contributed by atoms with E-state index >= 15 is 0 Å². The first kappa shape index (κ1) is 22.9. The van der Waals surface area contributed by atoms with Gasteiger partial charge in [-0.15, -0.1) is 0 Å². The third kappa shape index (κ3) is 4.12. The Morgan fingerprint density at radius 1 is 1.18 bits per heavy atom. The van der Waals surface area contributed by atoms with Crippen molar-refractivity contribution in [3.8, 4) is 6.07 Å². The molecular formula is C25H37N3O5. The number of aliphatic hydroxyl groups excluding tert-OH is 1. The van der Waals surface area contributed by atoms with E-state index in [1.165, 1.54) is 0 Å². The summed E-state index contributed by atoms with van der Waals surface area (Å²) >= 11 is 0. The summed E-state index contributed by atoms with van der Waals surface area (Å²) in [7, 11) is 0. The number of hydrogen-bond donors (Lipinski definition) is 2. The molecule has 0 aromatic carbocycles. The van der Waals surface area contributed by atoms with Crippen LogP contribution in [0.5, 0.6) is 0 Å². The molecule has 0 spiro atoms. The average molecular weight is 460 g/mol. The molecule has 0 radical (unpaired) electrons. The fraction of sp³-hybridized carbons (Fsp3) is 0.880. The number of nitriles is 1. The van der Waals surface area contributed by atoms with Crippen molar-refractivity contribution in [3.05, 3.63) is 0 Å². The zero-order valence-corrected chi connectivity index (χ0v) is 20.0. The van der Waals surface area contributed by atoms with Gasteiger partial charge >= 0.3 is 6.09 Å². The molecule has 3 unspecified atom stereocenters. The standard InChI is InChI=1S/C25H37N3O5/c1-23(2,3)33-22(31)27-20(21(30)28-18(13-26)7-17-8-19(17)28)24-9-15-6-16(10-24)12-25(11-15,14-24)32-5-4-29/h15-20,29H,4-12,14H2,1-3H3,(H,27,31)/t15?,16?,17-,18+,19+,20?,24?,25?/m1/s1. The normalized spacial score (nSPS) is 41.3. The monoisotopic (exact) mass is 459 g/mol. The van der Waals surface area contributed by atoms with E-state index in [4.69, 9.17) is 9.47 Å². The summed E-state index contributed by atoms with van der Waals surface area (Å²) in [5.74, 6) is 1.17. The van der Waals surface area contributed by atoms with Gasteiger partial charge in [-0.2, -0.15) is 5.26 Å². The van der Waals surface area contributed by atoms with Crippen molar-refractivity contribution in [2.75, 3.05) is 13.2 Å². The van der Waals surface area contributed by atoms with Crippen molar-refractivity contribution >= 4 is 12.0 Å². The number of nitrogens with one attached hydrogen (secondary N) is 1. The maximum absolute atomic E-state index is 14.1. The Bertz CT molecular complexity index is 847. The van der Waals surface area contributed by atoms with Crippen LogP contribution in [0.2, 0.25) is 0 Å². The lowest BCUT2D eigenvalue weighted by atomic mass is 9.46. The third-order valence-electron chi connectivity index (χ3n) is 8.58. The molecule has 4 bridgehead atoms. The van der Waals surface area contributed by atoms with Crippen molar-refractivity contribution < 1.29 is 24.2 Å².